The molecule has 0 saturated heterocycles. The molecule has 0 fully saturated rings. The molecule has 1 amide bonds. The van der Waals surface area contributed by atoms with Crippen molar-refractivity contribution in [1.82, 2.24) is 4.98 Å². The highest BCUT2D eigenvalue weighted by molar-refractivity contribution is 5.95. The van der Waals surface area contributed by atoms with E-state index in [1.807, 2.05) is 0 Å². The van der Waals surface area contributed by atoms with Crippen LogP contribution < -0.4 is 20.9 Å². The SMILES string of the molecule is COc1cc(CN)cc(Oc2ncccc2C(N)=O)c1. The molecule has 0 bridgehead atoms. The average Bonchev–Trinajstić information content (AvgIpc) is 2.47. The molecule has 6 heteroatoms. The second kappa shape index (κ2) is 6.03. The van der Waals surface area contributed by atoms with Gasteiger partial charge in [-0.1, -0.05) is 0 Å². The van der Waals surface area contributed by atoms with Gasteiger partial charge in [-0.2, -0.15) is 0 Å². The van der Waals surface area contributed by atoms with E-state index in [9.17, 15) is 4.79 Å². The van der Waals surface area contributed by atoms with Gasteiger partial charge in [0.05, 0.1) is 7.11 Å². The van der Waals surface area contributed by atoms with E-state index in [0.29, 0.717) is 18.0 Å². The molecule has 1 aromatic carbocycles. The maximum atomic E-state index is 11.3. The van der Waals surface area contributed by atoms with E-state index >= 15 is 0 Å². The van der Waals surface area contributed by atoms with Crippen LogP contribution in [0.5, 0.6) is 17.4 Å². The van der Waals surface area contributed by atoms with Crippen LogP contribution in [0.15, 0.2) is 36.5 Å². The number of aromatic nitrogens is 1. The summed E-state index contributed by atoms with van der Waals surface area (Å²) in [5.41, 5.74) is 11.9. The van der Waals surface area contributed by atoms with Gasteiger partial charge in [-0.15, -0.1) is 0 Å². The van der Waals surface area contributed by atoms with Crippen molar-refractivity contribution in [3.63, 3.8) is 0 Å². The molecule has 0 aliphatic rings. The number of carbonyl (C=O) groups is 1. The third kappa shape index (κ3) is 3.04. The molecule has 1 aromatic heterocycles. The number of carbonyl (C=O) groups excluding carboxylic acids is 1. The lowest BCUT2D eigenvalue weighted by Gasteiger charge is -2.10. The van der Waals surface area contributed by atoms with Crippen molar-refractivity contribution < 1.29 is 14.3 Å². The summed E-state index contributed by atoms with van der Waals surface area (Å²) in [5.74, 6) is 0.636. The number of pyridine rings is 1. The van der Waals surface area contributed by atoms with Crippen LogP contribution in [0.2, 0.25) is 0 Å². The van der Waals surface area contributed by atoms with Crippen LogP contribution >= 0.6 is 0 Å². The van der Waals surface area contributed by atoms with Crippen LogP contribution in [0.25, 0.3) is 0 Å². The van der Waals surface area contributed by atoms with E-state index in [-0.39, 0.29) is 11.4 Å². The average molecular weight is 273 g/mol. The summed E-state index contributed by atoms with van der Waals surface area (Å²) in [6, 6.07) is 8.40. The minimum absolute atomic E-state index is 0.149. The van der Waals surface area contributed by atoms with Gasteiger partial charge in [-0.05, 0) is 29.8 Å². The van der Waals surface area contributed by atoms with E-state index in [2.05, 4.69) is 4.98 Å². The van der Waals surface area contributed by atoms with Gasteiger partial charge in [0.2, 0.25) is 5.88 Å². The molecule has 0 saturated carbocycles. The van der Waals surface area contributed by atoms with Crippen LogP contribution in [0, 0.1) is 0 Å². The lowest BCUT2D eigenvalue weighted by atomic mass is 10.2. The van der Waals surface area contributed by atoms with E-state index in [4.69, 9.17) is 20.9 Å². The summed E-state index contributed by atoms with van der Waals surface area (Å²) in [6.07, 6.45) is 1.52. The van der Waals surface area contributed by atoms with Crippen LogP contribution in [0.1, 0.15) is 15.9 Å². The monoisotopic (exact) mass is 273 g/mol. The molecular formula is C14H15N3O3. The predicted molar refractivity (Wildman–Crippen MR) is 73.7 cm³/mol. The van der Waals surface area contributed by atoms with Gasteiger partial charge in [0, 0.05) is 18.8 Å². The number of ether oxygens (including phenoxy) is 2. The fraction of sp³-hybridized carbons (Fsp3) is 0.143. The number of rotatable bonds is 5. The van der Waals surface area contributed by atoms with Crippen LogP contribution in [0.3, 0.4) is 0 Å². The summed E-state index contributed by atoms with van der Waals surface area (Å²) in [5, 5.41) is 0. The van der Waals surface area contributed by atoms with Crippen molar-refractivity contribution in [2.45, 2.75) is 6.54 Å². The van der Waals surface area contributed by atoms with Gasteiger partial charge in [0.1, 0.15) is 17.1 Å². The Hall–Kier alpha value is -2.60. The Morgan fingerprint density at radius 1 is 1.30 bits per heavy atom. The summed E-state index contributed by atoms with van der Waals surface area (Å²) in [4.78, 5) is 15.3. The Labute approximate surface area is 116 Å². The highest BCUT2D eigenvalue weighted by atomic mass is 16.5. The maximum absolute atomic E-state index is 11.3. The predicted octanol–water partition coefficient (Wildman–Crippen LogP) is 1.44. The van der Waals surface area contributed by atoms with E-state index < -0.39 is 5.91 Å². The summed E-state index contributed by atoms with van der Waals surface area (Å²) < 4.78 is 10.8. The van der Waals surface area contributed by atoms with Gasteiger partial charge >= 0.3 is 0 Å². The molecule has 2 rings (SSSR count). The van der Waals surface area contributed by atoms with Crippen LogP contribution in [-0.2, 0) is 6.54 Å². The molecular weight excluding hydrogens is 258 g/mol. The van der Waals surface area contributed by atoms with Gasteiger partial charge in [-0.25, -0.2) is 4.98 Å². The first-order valence-corrected chi connectivity index (χ1v) is 5.94. The number of nitrogens with two attached hydrogens (primary N) is 2. The smallest absolute Gasteiger partial charge is 0.254 e. The van der Waals surface area contributed by atoms with E-state index in [0.717, 1.165) is 5.56 Å². The molecule has 0 aliphatic heterocycles. The topological polar surface area (TPSA) is 100 Å². The highest BCUT2D eigenvalue weighted by Crippen LogP contribution is 2.27. The molecule has 0 unspecified atom stereocenters. The van der Waals surface area contributed by atoms with Gasteiger partial charge in [-0.3, -0.25) is 4.79 Å². The van der Waals surface area contributed by atoms with Gasteiger partial charge < -0.3 is 20.9 Å². The number of hydrogen-bond donors (Lipinski definition) is 2. The third-order valence-corrected chi connectivity index (χ3v) is 2.66. The van der Waals surface area contributed by atoms with E-state index in [1.54, 1.807) is 37.4 Å². The summed E-state index contributed by atoms with van der Waals surface area (Å²) >= 11 is 0. The standard InChI is InChI=1S/C14H15N3O3/c1-19-10-5-9(8-15)6-11(7-10)20-14-12(13(16)18)3-2-4-17-14/h2-7H,8,15H2,1H3,(H2,16,18). The van der Waals surface area contributed by atoms with Crippen molar-refractivity contribution in [1.29, 1.82) is 0 Å². The van der Waals surface area contributed by atoms with Crippen LogP contribution in [-0.4, -0.2) is 18.0 Å². The number of amides is 1. The zero-order valence-corrected chi connectivity index (χ0v) is 11.0. The fourth-order valence-electron chi connectivity index (χ4n) is 1.70. The van der Waals surface area contributed by atoms with Crippen molar-refractivity contribution in [3.05, 3.63) is 47.7 Å². The Kier molecular flexibility index (Phi) is 4.17. The van der Waals surface area contributed by atoms with E-state index in [1.165, 1.54) is 6.20 Å². The number of methoxy groups -OCH3 is 1. The quantitative estimate of drug-likeness (QED) is 0.858. The van der Waals surface area contributed by atoms with Crippen molar-refractivity contribution in [2.24, 2.45) is 11.5 Å². The first kappa shape index (κ1) is 13.8. The maximum Gasteiger partial charge on any atom is 0.254 e. The normalized spacial score (nSPS) is 10.1. The van der Waals surface area contributed by atoms with Crippen molar-refractivity contribution in [2.75, 3.05) is 7.11 Å². The van der Waals surface area contributed by atoms with Gasteiger partial charge in [0.15, 0.2) is 0 Å². The number of benzene rings is 1. The van der Waals surface area contributed by atoms with Gasteiger partial charge in [0.25, 0.3) is 5.91 Å². The second-order valence-electron chi connectivity index (χ2n) is 4.04. The fourth-order valence-corrected chi connectivity index (χ4v) is 1.70. The van der Waals surface area contributed by atoms with Crippen molar-refractivity contribution in [3.8, 4) is 17.4 Å². The lowest BCUT2D eigenvalue weighted by molar-refractivity contribution is 0.0997. The lowest BCUT2D eigenvalue weighted by Crippen LogP contribution is -2.12. The number of primary amides is 1. The minimum Gasteiger partial charge on any atom is -0.497 e. The first-order valence-electron chi connectivity index (χ1n) is 5.94. The first-order chi connectivity index (χ1) is 9.63. The number of nitrogens with zero attached hydrogens (tertiary/aromatic N) is 1. The molecule has 1 heterocycles. The minimum atomic E-state index is -0.602. The second-order valence-corrected chi connectivity index (χ2v) is 4.04. The molecule has 2 aromatic rings. The Morgan fingerprint density at radius 3 is 2.70 bits per heavy atom. The molecule has 0 atom stereocenters. The van der Waals surface area contributed by atoms with Crippen LogP contribution in [0.4, 0.5) is 0 Å². The Balaban J connectivity index is 2.37. The molecule has 0 spiro atoms. The van der Waals surface area contributed by atoms with Crippen molar-refractivity contribution >= 4 is 5.91 Å². The Bertz CT molecular complexity index is 607. The molecule has 4 N–H and O–H groups in total. The summed E-state index contributed by atoms with van der Waals surface area (Å²) in [7, 11) is 1.55. The number of hydrogen-bond acceptors (Lipinski definition) is 5. The third-order valence-electron chi connectivity index (χ3n) is 2.66. The largest absolute Gasteiger partial charge is 0.497 e. The summed E-state index contributed by atoms with van der Waals surface area (Å²) in [6.45, 7) is 0.346. The molecule has 0 radical (unpaired) electrons. The Morgan fingerprint density at radius 2 is 2.05 bits per heavy atom. The molecule has 6 nitrogen and oxygen atoms in total. The molecule has 20 heavy (non-hydrogen) atoms. The molecule has 0 aliphatic carbocycles. The zero-order valence-electron chi connectivity index (χ0n) is 11.0. The zero-order chi connectivity index (χ0) is 14.5. The highest BCUT2D eigenvalue weighted by Gasteiger charge is 2.12. The molecule has 104 valence electrons.